The summed E-state index contributed by atoms with van der Waals surface area (Å²) in [5.74, 6) is 0. The quantitative estimate of drug-likeness (QED) is 0.723. The van der Waals surface area contributed by atoms with Gasteiger partial charge in [0.05, 0.1) is 0 Å². The summed E-state index contributed by atoms with van der Waals surface area (Å²) in [6, 6.07) is 13.7. The summed E-state index contributed by atoms with van der Waals surface area (Å²) in [4.78, 5) is 2.80. The molecule has 96 valence electrons. The summed E-state index contributed by atoms with van der Waals surface area (Å²) >= 11 is 4.24. The van der Waals surface area contributed by atoms with Crippen LogP contribution in [0.15, 0.2) is 36.4 Å². The Morgan fingerprint density at radius 3 is 2.50 bits per heavy atom. The van der Waals surface area contributed by atoms with Gasteiger partial charge in [-0.1, -0.05) is 25.5 Å². The normalized spacial score (nSPS) is 12.6. The first-order chi connectivity index (χ1) is 8.74. The molecule has 0 aliphatic carbocycles. The molecule has 1 N–H and O–H groups in total. The Hall–Kier alpha value is -0.390. The van der Waals surface area contributed by atoms with E-state index in [1.165, 1.54) is 31.7 Å². The lowest BCUT2D eigenvalue weighted by Gasteiger charge is -2.12. The second-order valence-corrected chi connectivity index (χ2v) is 6.70. The van der Waals surface area contributed by atoms with E-state index in [1.807, 2.05) is 18.4 Å². The summed E-state index contributed by atoms with van der Waals surface area (Å²) < 4.78 is 1.28. The van der Waals surface area contributed by atoms with Gasteiger partial charge in [0.2, 0.25) is 0 Å². The second-order valence-electron chi connectivity index (χ2n) is 4.34. The van der Waals surface area contributed by atoms with E-state index in [4.69, 9.17) is 0 Å². The first-order valence-electron chi connectivity index (χ1n) is 6.27. The van der Waals surface area contributed by atoms with Crippen LogP contribution in [-0.2, 0) is 0 Å². The van der Waals surface area contributed by atoms with Gasteiger partial charge in [0.1, 0.15) is 0 Å². The second kappa shape index (κ2) is 6.68. The highest BCUT2D eigenvalue weighted by molar-refractivity contribution is 14.1. The number of thiophene rings is 1. The molecule has 0 fully saturated rings. The predicted octanol–water partition coefficient (Wildman–Crippen LogP) is 5.08. The van der Waals surface area contributed by atoms with Crippen molar-refractivity contribution in [3.05, 3.63) is 44.8 Å². The van der Waals surface area contributed by atoms with Crippen molar-refractivity contribution in [2.45, 2.75) is 25.8 Å². The third-order valence-electron chi connectivity index (χ3n) is 3.02. The van der Waals surface area contributed by atoms with Gasteiger partial charge in [-0.2, -0.15) is 0 Å². The Balaban J connectivity index is 2.21. The maximum absolute atomic E-state index is 3.40. The molecule has 0 aliphatic heterocycles. The molecule has 1 aromatic heterocycles. The van der Waals surface area contributed by atoms with E-state index >= 15 is 0 Å². The summed E-state index contributed by atoms with van der Waals surface area (Å²) in [5.41, 5.74) is 1.32. The van der Waals surface area contributed by atoms with E-state index in [2.05, 4.69) is 71.2 Å². The average Bonchev–Trinajstić information content (AvgIpc) is 2.86. The fraction of sp³-hybridized carbons (Fsp3) is 0.333. The molecule has 0 aliphatic rings. The van der Waals surface area contributed by atoms with E-state index in [1.54, 1.807) is 0 Å². The van der Waals surface area contributed by atoms with Crippen molar-refractivity contribution in [2.24, 2.45) is 0 Å². The summed E-state index contributed by atoms with van der Waals surface area (Å²) in [6.45, 7) is 2.23. The maximum atomic E-state index is 3.40. The van der Waals surface area contributed by atoms with Gasteiger partial charge in [0, 0.05) is 19.4 Å². The molecular weight excluding hydrogens is 353 g/mol. The van der Waals surface area contributed by atoms with Crippen LogP contribution in [-0.4, -0.2) is 7.05 Å². The molecule has 1 nitrogen and oxygen atoms in total. The molecule has 3 heteroatoms. The molecule has 0 saturated carbocycles. The monoisotopic (exact) mass is 371 g/mol. The zero-order valence-corrected chi connectivity index (χ0v) is 13.7. The lowest BCUT2D eigenvalue weighted by atomic mass is 10.1. The predicted molar refractivity (Wildman–Crippen MR) is 89.2 cm³/mol. The smallest absolute Gasteiger partial charge is 0.0412 e. The van der Waals surface area contributed by atoms with Gasteiger partial charge in [-0.15, -0.1) is 11.3 Å². The molecule has 1 atom stereocenters. The number of hydrogen-bond donors (Lipinski definition) is 1. The van der Waals surface area contributed by atoms with Crippen molar-refractivity contribution in [3.8, 4) is 10.4 Å². The molecule has 1 aromatic carbocycles. The SMILES string of the molecule is CCCC(NC)c1ccc(-c2ccc(I)cc2)s1. The van der Waals surface area contributed by atoms with E-state index in [9.17, 15) is 0 Å². The van der Waals surface area contributed by atoms with E-state index in [0.717, 1.165) is 0 Å². The van der Waals surface area contributed by atoms with Gasteiger partial charge in [-0.25, -0.2) is 0 Å². The van der Waals surface area contributed by atoms with Crippen molar-refractivity contribution in [1.29, 1.82) is 0 Å². The zero-order chi connectivity index (χ0) is 13.0. The summed E-state index contributed by atoms with van der Waals surface area (Å²) in [7, 11) is 2.05. The van der Waals surface area contributed by atoms with Crippen molar-refractivity contribution in [1.82, 2.24) is 5.32 Å². The van der Waals surface area contributed by atoms with Crippen LogP contribution in [0.4, 0.5) is 0 Å². The van der Waals surface area contributed by atoms with E-state index in [0.29, 0.717) is 6.04 Å². The molecule has 0 amide bonds. The third kappa shape index (κ3) is 3.33. The van der Waals surface area contributed by atoms with Crippen LogP contribution in [0.5, 0.6) is 0 Å². The highest BCUT2D eigenvalue weighted by Gasteiger charge is 2.11. The number of rotatable bonds is 5. The van der Waals surface area contributed by atoms with E-state index < -0.39 is 0 Å². The minimum absolute atomic E-state index is 0.498. The van der Waals surface area contributed by atoms with Crippen LogP contribution in [0, 0.1) is 3.57 Å². The number of hydrogen-bond acceptors (Lipinski definition) is 2. The van der Waals surface area contributed by atoms with Gasteiger partial charge >= 0.3 is 0 Å². The van der Waals surface area contributed by atoms with Crippen LogP contribution >= 0.6 is 33.9 Å². The standard InChI is InChI=1S/C15H18INS/c1-3-4-13(17-2)15-10-9-14(18-15)11-5-7-12(16)8-6-11/h5-10,13,17H,3-4H2,1-2H3. The van der Waals surface area contributed by atoms with Crippen LogP contribution in [0.3, 0.4) is 0 Å². The average molecular weight is 371 g/mol. The zero-order valence-electron chi connectivity index (χ0n) is 10.7. The lowest BCUT2D eigenvalue weighted by molar-refractivity contribution is 0.550. The van der Waals surface area contributed by atoms with Gasteiger partial charge in [0.25, 0.3) is 0 Å². The van der Waals surface area contributed by atoms with Gasteiger partial charge in [-0.05, 0) is 65.9 Å². The topological polar surface area (TPSA) is 12.0 Å². The van der Waals surface area contributed by atoms with Crippen molar-refractivity contribution in [2.75, 3.05) is 7.05 Å². The number of halogens is 1. The van der Waals surface area contributed by atoms with Crippen LogP contribution in [0.1, 0.15) is 30.7 Å². The lowest BCUT2D eigenvalue weighted by Crippen LogP contribution is -2.14. The van der Waals surface area contributed by atoms with Crippen molar-refractivity contribution in [3.63, 3.8) is 0 Å². The van der Waals surface area contributed by atoms with Crippen LogP contribution in [0.2, 0.25) is 0 Å². The largest absolute Gasteiger partial charge is 0.312 e. The molecular formula is C15H18INS. The van der Waals surface area contributed by atoms with Crippen LogP contribution in [0.25, 0.3) is 10.4 Å². The number of nitrogens with one attached hydrogen (secondary N) is 1. The highest BCUT2D eigenvalue weighted by atomic mass is 127. The Morgan fingerprint density at radius 2 is 1.89 bits per heavy atom. The molecule has 1 heterocycles. The van der Waals surface area contributed by atoms with E-state index in [-0.39, 0.29) is 0 Å². The van der Waals surface area contributed by atoms with Gasteiger partial charge < -0.3 is 5.32 Å². The van der Waals surface area contributed by atoms with Crippen LogP contribution < -0.4 is 5.32 Å². The Labute approximate surface area is 127 Å². The summed E-state index contributed by atoms with van der Waals surface area (Å²) in [5, 5.41) is 3.40. The Morgan fingerprint density at radius 1 is 1.17 bits per heavy atom. The first-order valence-corrected chi connectivity index (χ1v) is 8.17. The molecule has 2 rings (SSSR count). The minimum Gasteiger partial charge on any atom is -0.312 e. The fourth-order valence-electron chi connectivity index (χ4n) is 2.03. The maximum Gasteiger partial charge on any atom is 0.0412 e. The molecule has 0 saturated heterocycles. The highest BCUT2D eigenvalue weighted by Crippen LogP contribution is 2.33. The van der Waals surface area contributed by atoms with Crippen molar-refractivity contribution < 1.29 is 0 Å². The third-order valence-corrected chi connectivity index (χ3v) is 4.99. The van der Waals surface area contributed by atoms with Gasteiger partial charge in [-0.3, -0.25) is 0 Å². The minimum atomic E-state index is 0.498. The number of benzene rings is 1. The van der Waals surface area contributed by atoms with Crippen molar-refractivity contribution >= 4 is 33.9 Å². The Bertz CT molecular complexity index is 489. The fourth-order valence-corrected chi connectivity index (χ4v) is 3.54. The molecule has 2 aromatic rings. The summed E-state index contributed by atoms with van der Waals surface area (Å²) in [6.07, 6.45) is 2.41. The van der Waals surface area contributed by atoms with Gasteiger partial charge in [0.15, 0.2) is 0 Å². The Kier molecular flexibility index (Phi) is 5.21. The molecule has 0 radical (unpaired) electrons. The molecule has 0 bridgehead atoms. The molecule has 18 heavy (non-hydrogen) atoms. The first kappa shape index (κ1) is 14.0. The molecule has 1 unspecified atom stereocenters. The molecule has 0 spiro atoms.